The first kappa shape index (κ1) is 22.6. The molecule has 9 nitrogen and oxygen atoms in total. The van der Waals surface area contributed by atoms with Gasteiger partial charge in [-0.1, -0.05) is 37.7 Å². The number of nitrogens with zero attached hydrogens (tertiary/aromatic N) is 6. The Kier molecular flexibility index (Phi) is 6.50. The average Bonchev–Trinajstić information content (AvgIpc) is 3.42. The number of non-ortho nitro benzene ring substituents is 1. The van der Waals surface area contributed by atoms with Crippen LogP contribution in [0.3, 0.4) is 0 Å². The van der Waals surface area contributed by atoms with Gasteiger partial charge in [0.2, 0.25) is 11.8 Å². The summed E-state index contributed by atoms with van der Waals surface area (Å²) in [7, 11) is 0. The van der Waals surface area contributed by atoms with E-state index in [1.165, 1.54) is 30.0 Å². The summed E-state index contributed by atoms with van der Waals surface area (Å²) < 4.78 is 22.1. The van der Waals surface area contributed by atoms with Crippen molar-refractivity contribution in [2.24, 2.45) is 5.92 Å². The van der Waals surface area contributed by atoms with Crippen LogP contribution in [0.2, 0.25) is 0 Å². The number of halogens is 1. The lowest BCUT2D eigenvalue weighted by atomic mass is 10.2. The van der Waals surface area contributed by atoms with Crippen molar-refractivity contribution in [3.63, 3.8) is 0 Å². The van der Waals surface area contributed by atoms with Gasteiger partial charge in [-0.15, -0.1) is 20.4 Å². The summed E-state index contributed by atoms with van der Waals surface area (Å²) in [5, 5.41) is 27.9. The molecule has 1 atom stereocenters. The largest absolute Gasteiger partial charge is 0.419 e. The summed E-state index contributed by atoms with van der Waals surface area (Å²) in [6, 6.07) is 12.4. The molecule has 0 saturated heterocycles. The van der Waals surface area contributed by atoms with Gasteiger partial charge in [-0.25, -0.2) is 4.39 Å². The number of hydrogen-bond acceptors (Lipinski definition) is 8. The van der Waals surface area contributed by atoms with Crippen molar-refractivity contribution in [1.82, 2.24) is 25.0 Å². The Bertz CT molecular complexity index is 1270. The van der Waals surface area contributed by atoms with Crippen LogP contribution in [0.1, 0.15) is 31.9 Å². The molecule has 0 unspecified atom stereocenters. The normalized spacial score (nSPS) is 12.3. The Labute approximate surface area is 193 Å². The van der Waals surface area contributed by atoms with E-state index in [0.29, 0.717) is 40.5 Å². The van der Waals surface area contributed by atoms with Gasteiger partial charge in [0.1, 0.15) is 5.82 Å². The van der Waals surface area contributed by atoms with Crippen LogP contribution < -0.4 is 0 Å². The topological polar surface area (TPSA) is 113 Å². The first-order valence-corrected chi connectivity index (χ1v) is 11.1. The molecule has 0 N–H and O–H groups in total. The second kappa shape index (κ2) is 9.49. The fourth-order valence-corrected chi connectivity index (χ4v) is 4.09. The molecule has 4 aromatic rings. The number of nitro groups is 1. The van der Waals surface area contributed by atoms with Gasteiger partial charge in [-0.05, 0) is 37.1 Å². The zero-order valence-corrected chi connectivity index (χ0v) is 19.0. The fourth-order valence-electron chi connectivity index (χ4n) is 3.20. The Hall–Kier alpha value is -3.60. The zero-order valence-electron chi connectivity index (χ0n) is 18.2. The molecule has 0 radical (unpaired) electrons. The van der Waals surface area contributed by atoms with Crippen LogP contribution in [-0.4, -0.2) is 29.9 Å². The van der Waals surface area contributed by atoms with Crippen LogP contribution in [0.15, 0.2) is 58.1 Å². The van der Waals surface area contributed by atoms with Crippen LogP contribution in [0, 0.1) is 21.8 Å². The minimum Gasteiger partial charge on any atom is -0.419 e. The van der Waals surface area contributed by atoms with E-state index >= 15 is 0 Å². The molecule has 2 heterocycles. The molecule has 4 rings (SSSR count). The van der Waals surface area contributed by atoms with Crippen molar-refractivity contribution >= 4 is 17.4 Å². The van der Waals surface area contributed by atoms with Gasteiger partial charge < -0.3 is 8.98 Å². The minimum atomic E-state index is -0.468. The maximum Gasteiger partial charge on any atom is 0.269 e. The molecule has 0 aliphatic carbocycles. The Morgan fingerprint density at radius 3 is 2.45 bits per heavy atom. The molecular formula is C22H21FN6O3S. The lowest BCUT2D eigenvalue weighted by Crippen LogP contribution is -2.09. The monoisotopic (exact) mass is 468 g/mol. The van der Waals surface area contributed by atoms with E-state index in [4.69, 9.17) is 4.42 Å². The highest BCUT2D eigenvalue weighted by atomic mass is 32.2. The predicted octanol–water partition coefficient (Wildman–Crippen LogP) is 5.55. The van der Waals surface area contributed by atoms with E-state index in [2.05, 4.69) is 34.2 Å². The highest BCUT2D eigenvalue weighted by Gasteiger charge is 2.23. The molecule has 11 heteroatoms. The van der Waals surface area contributed by atoms with Crippen molar-refractivity contribution in [3.8, 4) is 22.8 Å². The van der Waals surface area contributed by atoms with Gasteiger partial charge in [0, 0.05) is 24.2 Å². The number of thioether (sulfide) groups is 1. The Balaban J connectivity index is 1.58. The second-order valence-corrected chi connectivity index (χ2v) is 9.11. The maximum absolute atomic E-state index is 14.4. The van der Waals surface area contributed by atoms with E-state index in [1.807, 2.05) is 11.5 Å². The molecular weight excluding hydrogens is 447 g/mol. The van der Waals surface area contributed by atoms with Crippen LogP contribution >= 0.6 is 11.8 Å². The smallest absolute Gasteiger partial charge is 0.269 e. The van der Waals surface area contributed by atoms with Gasteiger partial charge in [0.05, 0.1) is 15.7 Å². The number of benzene rings is 2. The van der Waals surface area contributed by atoms with Crippen molar-refractivity contribution in [1.29, 1.82) is 0 Å². The summed E-state index contributed by atoms with van der Waals surface area (Å²) >= 11 is 1.38. The van der Waals surface area contributed by atoms with Crippen LogP contribution in [0.25, 0.3) is 22.8 Å². The summed E-state index contributed by atoms with van der Waals surface area (Å²) in [5.41, 5.74) is 0.960. The van der Waals surface area contributed by atoms with Gasteiger partial charge in [-0.3, -0.25) is 10.1 Å². The molecule has 170 valence electrons. The van der Waals surface area contributed by atoms with Crippen molar-refractivity contribution in [2.45, 2.75) is 37.7 Å². The quantitative estimate of drug-likeness (QED) is 0.188. The Morgan fingerprint density at radius 2 is 1.79 bits per heavy atom. The molecule has 2 aromatic heterocycles. The number of hydrogen-bond donors (Lipinski definition) is 0. The average molecular weight is 469 g/mol. The van der Waals surface area contributed by atoms with Crippen LogP contribution in [0.5, 0.6) is 0 Å². The minimum absolute atomic E-state index is 0.0161. The summed E-state index contributed by atoms with van der Waals surface area (Å²) in [6.45, 7) is 6.65. The zero-order chi connectivity index (χ0) is 23.5. The SMILES string of the molecule is CC(C)Cn1c(S[C@H](C)c2nnc(-c3ccc([N+](=O)[O-])cc3)o2)nnc1-c1ccccc1F. The lowest BCUT2D eigenvalue weighted by Gasteiger charge is -2.14. The van der Waals surface area contributed by atoms with Crippen molar-refractivity contribution in [3.05, 3.63) is 70.4 Å². The number of nitro benzene ring substituents is 1. The summed E-state index contributed by atoms with van der Waals surface area (Å²) in [4.78, 5) is 10.4. The van der Waals surface area contributed by atoms with Crippen molar-refractivity contribution < 1.29 is 13.7 Å². The summed E-state index contributed by atoms with van der Waals surface area (Å²) in [5.74, 6) is 1.04. The molecule has 0 aliphatic rings. The fraction of sp³-hybridized carbons (Fsp3) is 0.273. The molecule has 2 aromatic carbocycles. The number of aromatic nitrogens is 5. The third-order valence-electron chi connectivity index (χ3n) is 4.77. The first-order chi connectivity index (χ1) is 15.8. The van der Waals surface area contributed by atoms with E-state index in [1.54, 1.807) is 30.3 Å². The van der Waals surface area contributed by atoms with Gasteiger partial charge in [0.15, 0.2) is 11.0 Å². The molecule has 0 saturated carbocycles. The molecule has 0 aliphatic heterocycles. The summed E-state index contributed by atoms with van der Waals surface area (Å²) in [6.07, 6.45) is 0. The van der Waals surface area contributed by atoms with Crippen LogP contribution in [0.4, 0.5) is 10.1 Å². The van der Waals surface area contributed by atoms with Gasteiger partial charge in [-0.2, -0.15) is 0 Å². The van der Waals surface area contributed by atoms with Crippen molar-refractivity contribution in [2.75, 3.05) is 0 Å². The molecule has 0 spiro atoms. The molecule has 0 amide bonds. The molecule has 33 heavy (non-hydrogen) atoms. The highest BCUT2D eigenvalue weighted by molar-refractivity contribution is 7.99. The molecule has 0 bridgehead atoms. The Morgan fingerprint density at radius 1 is 1.06 bits per heavy atom. The van der Waals surface area contributed by atoms with Crippen LogP contribution in [-0.2, 0) is 6.54 Å². The number of rotatable bonds is 8. The second-order valence-electron chi connectivity index (χ2n) is 7.80. The van der Waals surface area contributed by atoms with Gasteiger partial charge in [0.25, 0.3) is 5.69 Å². The molecule has 0 fully saturated rings. The standard InChI is InChI=1S/C22H21FN6O3S/c1-13(2)12-28-19(17-6-4-5-7-18(17)23)24-27-22(28)33-14(3)20-25-26-21(32-20)15-8-10-16(11-9-15)29(30)31/h4-11,13-14H,12H2,1-3H3/t14-/m1/s1. The first-order valence-electron chi connectivity index (χ1n) is 10.3. The highest BCUT2D eigenvalue weighted by Crippen LogP contribution is 2.36. The predicted molar refractivity (Wildman–Crippen MR) is 121 cm³/mol. The lowest BCUT2D eigenvalue weighted by molar-refractivity contribution is -0.384. The van der Waals surface area contributed by atoms with E-state index < -0.39 is 4.92 Å². The third kappa shape index (κ3) is 4.92. The van der Waals surface area contributed by atoms with E-state index in [0.717, 1.165) is 0 Å². The van der Waals surface area contributed by atoms with E-state index in [-0.39, 0.29) is 22.6 Å². The maximum atomic E-state index is 14.4. The third-order valence-corrected chi connectivity index (χ3v) is 5.84. The van der Waals surface area contributed by atoms with E-state index in [9.17, 15) is 14.5 Å². The van der Waals surface area contributed by atoms with Gasteiger partial charge >= 0.3 is 0 Å².